The number of nitrogens with one attached hydrogen (secondary N) is 1. The zero-order valence-corrected chi connectivity index (χ0v) is 13.5. The molecular weight excluding hydrogens is 360 g/mol. The molecule has 0 saturated carbocycles. The summed E-state index contributed by atoms with van der Waals surface area (Å²) in [6.07, 6.45) is -3.91. The fourth-order valence-electron chi connectivity index (χ4n) is 1.96. The number of rotatable bonds is 8. The Hall–Kier alpha value is -2.55. The molecule has 10 heteroatoms. The van der Waals surface area contributed by atoms with Gasteiger partial charge in [-0.3, -0.25) is 4.79 Å². The summed E-state index contributed by atoms with van der Waals surface area (Å²) in [5, 5.41) is 15.2. The zero-order chi connectivity index (χ0) is 18.4. The van der Waals surface area contributed by atoms with Gasteiger partial charge in [-0.15, -0.1) is 0 Å². The van der Waals surface area contributed by atoms with Gasteiger partial charge in [0.2, 0.25) is 24.0 Å². The van der Waals surface area contributed by atoms with Gasteiger partial charge in [0.15, 0.2) is 0 Å². The molecule has 2 rings (SSSR count). The Balaban J connectivity index is 1.89. The van der Waals surface area contributed by atoms with Crippen LogP contribution in [-0.4, -0.2) is 39.6 Å². The Morgan fingerprint density at radius 2 is 1.96 bits per heavy atom. The number of halogens is 3. The number of hydrogen-bond donors (Lipinski definition) is 2. The minimum absolute atomic E-state index is 0.0490. The van der Waals surface area contributed by atoms with E-state index in [1.54, 1.807) is 24.3 Å². The van der Waals surface area contributed by atoms with Gasteiger partial charge >= 0.3 is 5.97 Å². The van der Waals surface area contributed by atoms with Crippen molar-refractivity contribution < 1.29 is 28.0 Å². The first kappa shape index (κ1) is 18.8. The number of hydrogen-bond acceptors (Lipinski definition) is 5. The van der Waals surface area contributed by atoms with Gasteiger partial charge in [-0.05, 0) is 24.3 Å². The third-order valence-corrected chi connectivity index (χ3v) is 3.44. The third kappa shape index (κ3) is 5.79. The maximum atomic E-state index is 12.3. The highest BCUT2D eigenvalue weighted by Gasteiger charge is 2.24. The molecule has 1 aromatic heterocycles. The van der Waals surface area contributed by atoms with E-state index >= 15 is 0 Å². The summed E-state index contributed by atoms with van der Waals surface area (Å²) in [5.41, 5.74) is 0.673. The highest BCUT2D eigenvalue weighted by atomic mass is 35.5. The molecule has 0 radical (unpaired) electrons. The standard InChI is InChI=1S/C15H14ClF2N3O4/c16-9-3-1-8(2-4-9)14-20-13(25-21-14)6-5-12(22)19-10(15(23)24)7-11(17)18/h1-4,10-11H,5-7H2,(H,19,22)(H,23,24). The molecule has 0 aliphatic heterocycles. The number of aromatic nitrogens is 2. The van der Waals surface area contributed by atoms with Crippen LogP contribution in [0.1, 0.15) is 18.7 Å². The minimum atomic E-state index is -2.83. The second-order valence-corrected chi connectivity index (χ2v) is 5.54. The van der Waals surface area contributed by atoms with Gasteiger partial charge < -0.3 is 14.9 Å². The number of aryl methyl sites for hydroxylation is 1. The van der Waals surface area contributed by atoms with Crippen molar-refractivity contribution in [3.05, 3.63) is 35.2 Å². The van der Waals surface area contributed by atoms with Crippen LogP contribution in [0.5, 0.6) is 0 Å². The molecule has 0 aliphatic rings. The number of alkyl halides is 2. The van der Waals surface area contributed by atoms with Crippen LogP contribution in [0.25, 0.3) is 11.4 Å². The number of carbonyl (C=O) groups excluding carboxylic acids is 1. The number of carboxylic acids is 1. The van der Waals surface area contributed by atoms with Crippen LogP contribution in [0.3, 0.4) is 0 Å². The molecule has 0 aliphatic carbocycles. The predicted molar refractivity (Wildman–Crippen MR) is 83.3 cm³/mol. The first-order chi connectivity index (χ1) is 11.8. The molecule has 0 spiro atoms. The van der Waals surface area contributed by atoms with E-state index in [9.17, 15) is 18.4 Å². The Kier molecular flexibility index (Phi) is 6.40. The molecule has 2 aromatic rings. The van der Waals surface area contributed by atoms with Gasteiger partial charge in [0.25, 0.3) is 0 Å². The van der Waals surface area contributed by atoms with Crippen molar-refractivity contribution in [2.24, 2.45) is 0 Å². The predicted octanol–water partition coefficient (Wildman–Crippen LogP) is 2.55. The van der Waals surface area contributed by atoms with Gasteiger partial charge in [-0.25, -0.2) is 13.6 Å². The summed E-state index contributed by atoms with van der Waals surface area (Å²) in [4.78, 5) is 26.6. The van der Waals surface area contributed by atoms with Crippen molar-refractivity contribution in [2.75, 3.05) is 0 Å². The number of nitrogens with zero attached hydrogens (tertiary/aromatic N) is 2. The number of carboxylic acid groups (broad SMARTS) is 1. The molecular formula is C15H14ClF2N3O4. The summed E-state index contributed by atoms with van der Waals surface area (Å²) in [5.74, 6) is -1.73. The smallest absolute Gasteiger partial charge is 0.326 e. The van der Waals surface area contributed by atoms with Gasteiger partial charge in [-0.1, -0.05) is 16.8 Å². The van der Waals surface area contributed by atoms with Crippen molar-refractivity contribution in [1.82, 2.24) is 15.5 Å². The lowest BCUT2D eigenvalue weighted by molar-refractivity contribution is -0.143. The lowest BCUT2D eigenvalue weighted by atomic mass is 10.2. The number of aliphatic carboxylic acids is 1. The van der Waals surface area contributed by atoms with Crippen LogP contribution in [0.15, 0.2) is 28.8 Å². The SMILES string of the molecule is O=C(CCc1nc(-c2ccc(Cl)cc2)no1)NC(CC(F)F)C(=O)O. The summed E-state index contributed by atoms with van der Waals surface area (Å²) in [7, 11) is 0. The molecule has 134 valence electrons. The fraction of sp³-hybridized carbons (Fsp3) is 0.333. The molecule has 1 heterocycles. The molecule has 1 aromatic carbocycles. The highest BCUT2D eigenvalue weighted by Crippen LogP contribution is 2.19. The molecule has 1 amide bonds. The second-order valence-electron chi connectivity index (χ2n) is 5.10. The van der Waals surface area contributed by atoms with Crippen LogP contribution in [0, 0.1) is 0 Å². The van der Waals surface area contributed by atoms with Crippen molar-refractivity contribution in [3.8, 4) is 11.4 Å². The van der Waals surface area contributed by atoms with E-state index in [0.717, 1.165) is 0 Å². The van der Waals surface area contributed by atoms with Crippen molar-refractivity contribution in [2.45, 2.75) is 31.7 Å². The van der Waals surface area contributed by atoms with Crippen molar-refractivity contribution in [1.29, 1.82) is 0 Å². The Bertz CT molecular complexity index is 737. The van der Waals surface area contributed by atoms with E-state index < -0.39 is 30.8 Å². The summed E-state index contributed by atoms with van der Waals surface area (Å²) < 4.78 is 29.6. The largest absolute Gasteiger partial charge is 0.480 e. The van der Waals surface area contributed by atoms with Crippen molar-refractivity contribution >= 4 is 23.5 Å². The molecule has 25 heavy (non-hydrogen) atoms. The van der Waals surface area contributed by atoms with Gasteiger partial charge in [-0.2, -0.15) is 4.98 Å². The van der Waals surface area contributed by atoms with E-state index in [1.807, 2.05) is 5.32 Å². The van der Waals surface area contributed by atoms with E-state index in [-0.39, 0.29) is 18.7 Å². The van der Waals surface area contributed by atoms with Crippen molar-refractivity contribution in [3.63, 3.8) is 0 Å². The van der Waals surface area contributed by atoms with Gasteiger partial charge in [0.1, 0.15) is 6.04 Å². The summed E-state index contributed by atoms with van der Waals surface area (Å²) >= 11 is 5.79. The van der Waals surface area contributed by atoms with Crippen LogP contribution in [0.4, 0.5) is 8.78 Å². The third-order valence-electron chi connectivity index (χ3n) is 3.18. The molecule has 1 atom stereocenters. The molecule has 2 N–H and O–H groups in total. The maximum Gasteiger partial charge on any atom is 0.326 e. The Morgan fingerprint density at radius 1 is 1.28 bits per heavy atom. The monoisotopic (exact) mass is 373 g/mol. The zero-order valence-electron chi connectivity index (χ0n) is 12.8. The van der Waals surface area contributed by atoms with E-state index in [0.29, 0.717) is 16.4 Å². The Morgan fingerprint density at radius 3 is 2.56 bits per heavy atom. The fourth-order valence-corrected chi connectivity index (χ4v) is 2.09. The first-order valence-corrected chi connectivity index (χ1v) is 7.62. The van der Waals surface area contributed by atoms with Crippen LogP contribution < -0.4 is 5.32 Å². The first-order valence-electron chi connectivity index (χ1n) is 7.24. The maximum absolute atomic E-state index is 12.3. The summed E-state index contributed by atoms with van der Waals surface area (Å²) in [6, 6.07) is 5.08. The normalized spacial score (nSPS) is 12.2. The van der Waals surface area contributed by atoms with Crippen LogP contribution in [0.2, 0.25) is 5.02 Å². The van der Waals surface area contributed by atoms with Gasteiger partial charge in [0.05, 0.1) is 0 Å². The Labute approximate surface area is 146 Å². The molecule has 0 bridgehead atoms. The van der Waals surface area contributed by atoms with E-state index in [1.165, 1.54) is 0 Å². The number of amides is 1. The van der Waals surface area contributed by atoms with E-state index in [2.05, 4.69) is 10.1 Å². The van der Waals surface area contributed by atoms with Crippen LogP contribution >= 0.6 is 11.6 Å². The molecule has 1 unspecified atom stereocenters. The topological polar surface area (TPSA) is 105 Å². The number of carbonyl (C=O) groups is 2. The highest BCUT2D eigenvalue weighted by molar-refractivity contribution is 6.30. The summed E-state index contributed by atoms with van der Waals surface area (Å²) in [6.45, 7) is 0. The molecule has 0 fully saturated rings. The van der Waals surface area contributed by atoms with Gasteiger partial charge in [0, 0.05) is 29.8 Å². The average molecular weight is 374 g/mol. The second kappa shape index (κ2) is 8.52. The number of benzene rings is 1. The minimum Gasteiger partial charge on any atom is -0.480 e. The molecule has 0 saturated heterocycles. The average Bonchev–Trinajstić information content (AvgIpc) is 3.01. The van der Waals surface area contributed by atoms with E-state index in [4.69, 9.17) is 21.2 Å². The molecule has 7 nitrogen and oxygen atoms in total. The lowest BCUT2D eigenvalue weighted by Crippen LogP contribution is -2.42. The quantitative estimate of drug-likeness (QED) is 0.736. The lowest BCUT2D eigenvalue weighted by Gasteiger charge is -2.13. The van der Waals surface area contributed by atoms with Crippen LogP contribution in [-0.2, 0) is 16.0 Å².